The molecule has 1 heterocycles. The van der Waals surface area contributed by atoms with Crippen LogP contribution in [0, 0.1) is 11.8 Å². The van der Waals surface area contributed by atoms with E-state index in [2.05, 4.69) is 5.32 Å². The molecule has 0 aromatic carbocycles. The first-order chi connectivity index (χ1) is 6.42. The van der Waals surface area contributed by atoms with Crippen LogP contribution in [-0.4, -0.2) is 26.3 Å². The third-order valence-electron chi connectivity index (χ3n) is 3.66. The summed E-state index contributed by atoms with van der Waals surface area (Å²) in [6.07, 6.45) is 7.62. The van der Waals surface area contributed by atoms with Gasteiger partial charge < -0.3 is 10.1 Å². The minimum Gasteiger partial charge on any atom is -0.381 e. The van der Waals surface area contributed by atoms with Gasteiger partial charge in [0, 0.05) is 26.1 Å². The van der Waals surface area contributed by atoms with Crippen molar-refractivity contribution in [1.29, 1.82) is 0 Å². The van der Waals surface area contributed by atoms with Crippen LogP contribution in [0.3, 0.4) is 0 Å². The summed E-state index contributed by atoms with van der Waals surface area (Å²) in [5, 5.41) is 3.34. The van der Waals surface area contributed by atoms with E-state index in [0.717, 1.165) is 11.8 Å². The third-order valence-corrected chi connectivity index (χ3v) is 3.66. The first kappa shape index (κ1) is 9.47. The van der Waals surface area contributed by atoms with Crippen LogP contribution in [0.15, 0.2) is 0 Å². The average Bonchev–Trinajstić information content (AvgIpc) is 2.12. The highest BCUT2D eigenvalue weighted by molar-refractivity contribution is 4.87. The summed E-state index contributed by atoms with van der Waals surface area (Å²) in [7, 11) is 1.89. The zero-order chi connectivity index (χ0) is 9.10. The van der Waals surface area contributed by atoms with E-state index in [1.54, 1.807) is 0 Å². The van der Waals surface area contributed by atoms with Gasteiger partial charge in [-0.2, -0.15) is 0 Å². The standard InChI is InChI=1S/C11H21NO/c1-13-11(10-7-12-8-10)9-5-3-2-4-6-9/h9-12H,2-8H2,1H3. The molecule has 2 heteroatoms. The van der Waals surface area contributed by atoms with E-state index in [-0.39, 0.29) is 0 Å². The van der Waals surface area contributed by atoms with E-state index in [0.29, 0.717) is 6.10 Å². The number of rotatable bonds is 3. The van der Waals surface area contributed by atoms with Crippen molar-refractivity contribution in [3.05, 3.63) is 0 Å². The van der Waals surface area contributed by atoms with Crippen LogP contribution in [0.25, 0.3) is 0 Å². The maximum atomic E-state index is 5.65. The number of methoxy groups -OCH3 is 1. The number of hydrogen-bond acceptors (Lipinski definition) is 2. The van der Waals surface area contributed by atoms with Crippen LogP contribution in [0.1, 0.15) is 32.1 Å². The molecule has 2 aliphatic rings. The smallest absolute Gasteiger partial charge is 0.0651 e. The van der Waals surface area contributed by atoms with Crippen LogP contribution in [0.5, 0.6) is 0 Å². The lowest BCUT2D eigenvalue weighted by atomic mass is 9.78. The molecule has 1 N–H and O–H groups in total. The van der Waals surface area contributed by atoms with Gasteiger partial charge in [0.15, 0.2) is 0 Å². The fourth-order valence-corrected chi connectivity index (χ4v) is 2.78. The van der Waals surface area contributed by atoms with Crippen molar-refractivity contribution in [3.8, 4) is 0 Å². The van der Waals surface area contributed by atoms with Crippen LogP contribution in [0.2, 0.25) is 0 Å². The summed E-state index contributed by atoms with van der Waals surface area (Å²) < 4.78 is 5.65. The molecule has 0 aromatic heterocycles. The lowest BCUT2D eigenvalue weighted by molar-refractivity contribution is -0.0230. The minimum absolute atomic E-state index is 0.543. The molecule has 1 aliphatic carbocycles. The van der Waals surface area contributed by atoms with Gasteiger partial charge in [0.05, 0.1) is 6.10 Å². The number of hydrogen-bond donors (Lipinski definition) is 1. The largest absolute Gasteiger partial charge is 0.381 e. The highest BCUT2D eigenvalue weighted by Crippen LogP contribution is 2.32. The fraction of sp³-hybridized carbons (Fsp3) is 1.00. The normalized spacial score (nSPS) is 28.4. The van der Waals surface area contributed by atoms with Crippen molar-refractivity contribution in [3.63, 3.8) is 0 Å². The molecule has 0 spiro atoms. The predicted octanol–water partition coefficient (Wildman–Crippen LogP) is 1.80. The van der Waals surface area contributed by atoms with Crippen molar-refractivity contribution in [2.45, 2.75) is 38.2 Å². The highest BCUT2D eigenvalue weighted by Gasteiger charge is 2.33. The molecule has 2 nitrogen and oxygen atoms in total. The van der Waals surface area contributed by atoms with Gasteiger partial charge in [-0.15, -0.1) is 0 Å². The zero-order valence-corrected chi connectivity index (χ0v) is 8.59. The van der Waals surface area contributed by atoms with Crippen molar-refractivity contribution >= 4 is 0 Å². The van der Waals surface area contributed by atoms with Gasteiger partial charge in [0.2, 0.25) is 0 Å². The lowest BCUT2D eigenvalue weighted by Gasteiger charge is -2.39. The van der Waals surface area contributed by atoms with Crippen LogP contribution in [0.4, 0.5) is 0 Å². The van der Waals surface area contributed by atoms with Crippen molar-refractivity contribution < 1.29 is 4.74 Å². The second-order valence-corrected chi connectivity index (χ2v) is 4.52. The topological polar surface area (TPSA) is 21.3 Å². The van der Waals surface area contributed by atoms with Gasteiger partial charge in [-0.3, -0.25) is 0 Å². The molecule has 13 heavy (non-hydrogen) atoms. The van der Waals surface area contributed by atoms with E-state index in [4.69, 9.17) is 4.74 Å². The van der Waals surface area contributed by atoms with Crippen LogP contribution < -0.4 is 5.32 Å². The summed E-state index contributed by atoms with van der Waals surface area (Å²) >= 11 is 0. The first-order valence-corrected chi connectivity index (χ1v) is 5.65. The number of ether oxygens (including phenoxy) is 1. The average molecular weight is 183 g/mol. The van der Waals surface area contributed by atoms with Gasteiger partial charge in [0.25, 0.3) is 0 Å². The fourth-order valence-electron chi connectivity index (χ4n) is 2.78. The summed E-state index contributed by atoms with van der Waals surface area (Å²) in [5.74, 6) is 1.65. The van der Waals surface area contributed by atoms with Crippen molar-refractivity contribution in [2.75, 3.05) is 20.2 Å². The Morgan fingerprint density at radius 3 is 2.23 bits per heavy atom. The molecule has 0 radical (unpaired) electrons. The Kier molecular flexibility index (Phi) is 3.23. The Morgan fingerprint density at radius 2 is 1.77 bits per heavy atom. The van der Waals surface area contributed by atoms with Crippen LogP contribution in [-0.2, 0) is 4.74 Å². The van der Waals surface area contributed by atoms with Gasteiger partial charge in [0.1, 0.15) is 0 Å². The second-order valence-electron chi connectivity index (χ2n) is 4.52. The van der Waals surface area contributed by atoms with Gasteiger partial charge >= 0.3 is 0 Å². The van der Waals surface area contributed by atoms with Crippen molar-refractivity contribution in [1.82, 2.24) is 5.32 Å². The molecular formula is C11H21NO. The number of nitrogens with one attached hydrogen (secondary N) is 1. The molecule has 1 saturated carbocycles. The second kappa shape index (κ2) is 4.43. The molecule has 1 unspecified atom stereocenters. The zero-order valence-electron chi connectivity index (χ0n) is 8.59. The molecule has 1 saturated heterocycles. The molecular weight excluding hydrogens is 162 g/mol. The highest BCUT2D eigenvalue weighted by atomic mass is 16.5. The molecule has 0 bridgehead atoms. The van der Waals surface area contributed by atoms with E-state index in [1.807, 2.05) is 7.11 Å². The summed E-state index contributed by atoms with van der Waals surface area (Å²) in [4.78, 5) is 0. The Morgan fingerprint density at radius 1 is 1.08 bits per heavy atom. The van der Waals surface area contributed by atoms with Gasteiger partial charge in [-0.05, 0) is 18.8 Å². The Labute approximate surface area is 81.0 Å². The molecule has 1 atom stereocenters. The molecule has 2 fully saturated rings. The SMILES string of the molecule is COC(C1CCCCC1)C1CNC1. The molecule has 76 valence electrons. The monoisotopic (exact) mass is 183 g/mol. The Balaban J connectivity index is 1.86. The van der Waals surface area contributed by atoms with E-state index < -0.39 is 0 Å². The molecule has 1 aliphatic heterocycles. The maximum absolute atomic E-state index is 5.65. The third kappa shape index (κ3) is 2.05. The maximum Gasteiger partial charge on any atom is 0.0651 e. The summed E-state index contributed by atoms with van der Waals surface area (Å²) in [5.41, 5.74) is 0. The minimum atomic E-state index is 0.543. The molecule has 2 rings (SSSR count). The Hall–Kier alpha value is -0.0800. The van der Waals surface area contributed by atoms with E-state index >= 15 is 0 Å². The lowest BCUT2D eigenvalue weighted by Crippen LogP contribution is -2.51. The van der Waals surface area contributed by atoms with Crippen LogP contribution >= 0.6 is 0 Å². The molecule has 0 aromatic rings. The van der Waals surface area contributed by atoms with Gasteiger partial charge in [-0.25, -0.2) is 0 Å². The molecule has 0 amide bonds. The summed E-state index contributed by atoms with van der Waals surface area (Å²) in [6, 6.07) is 0. The predicted molar refractivity (Wildman–Crippen MR) is 53.7 cm³/mol. The van der Waals surface area contributed by atoms with E-state index in [9.17, 15) is 0 Å². The van der Waals surface area contributed by atoms with E-state index in [1.165, 1.54) is 45.2 Å². The quantitative estimate of drug-likeness (QED) is 0.720. The first-order valence-electron chi connectivity index (χ1n) is 5.65. The summed E-state index contributed by atoms with van der Waals surface area (Å²) in [6.45, 7) is 2.35. The Bertz CT molecular complexity index is 150. The van der Waals surface area contributed by atoms with Crippen molar-refractivity contribution in [2.24, 2.45) is 11.8 Å². The van der Waals surface area contributed by atoms with Gasteiger partial charge in [-0.1, -0.05) is 19.3 Å².